The molecule has 0 saturated carbocycles. The van der Waals surface area contributed by atoms with Gasteiger partial charge < -0.3 is 15.7 Å². The van der Waals surface area contributed by atoms with E-state index in [1.807, 2.05) is 12.1 Å². The van der Waals surface area contributed by atoms with Crippen LogP contribution in [0.4, 0.5) is 0 Å². The molecule has 1 aromatic rings. The zero-order chi connectivity index (χ0) is 15.1. The first kappa shape index (κ1) is 16.2. The molecule has 2 rings (SSSR count). The van der Waals surface area contributed by atoms with E-state index in [0.29, 0.717) is 24.3 Å². The predicted octanol–water partition coefficient (Wildman–Crippen LogP) is 1.92. The number of phenols is 1. The lowest BCUT2D eigenvalue weighted by molar-refractivity contribution is -0.121. The molecule has 4 nitrogen and oxygen atoms in total. The van der Waals surface area contributed by atoms with Crippen molar-refractivity contribution in [1.29, 1.82) is 0 Å². The van der Waals surface area contributed by atoms with Gasteiger partial charge in [-0.25, -0.2) is 0 Å². The normalized spacial score (nSPS) is 19.4. The van der Waals surface area contributed by atoms with Crippen molar-refractivity contribution in [2.75, 3.05) is 19.3 Å². The molecule has 1 aliphatic rings. The topological polar surface area (TPSA) is 61.4 Å². The highest BCUT2D eigenvalue weighted by Gasteiger charge is 2.25. The van der Waals surface area contributed by atoms with Gasteiger partial charge in [-0.05, 0) is 49.8 Å². The van der Waals surface area contributed by atoms with E-state index in [1.165, 1.54) is 12.8 Å². The fourth-order valence-corrected chi connectivity index (χ4v) is 3.56. The third-order valence-corrected chi connectivity index (χ3v) is 5.01. The van der Waals surface area contributed by atoms with Crippen LogP contribution in [0.15, 0.2) is 24.3 Å². The van der Waals surface area contributed by atoms with Gasteiger partial charge in [0.05, 0.1) is 0 Å². The quantitative estimate of drug-likeness (QED) is 0.720. The average molecular weight is 308 g/mol. The molecule has 1 fully saturated rings. The highest BCUT2D eigenvalue weighted by Crippen LogP contribution is 2.21. The van der Waals surface area contributed by atoms with E-state index in [1.54, 1.807) is 23.9 Å². The Morgan fingerprint density at radius 1 is 1.48 bits per heavy atom. The van der Waals surface area contributed by atoms with Crippen LogP contribution in [-0.2, 0) is 11.2 Å². The second-order valence-electron chi connectivity index (χ2n) is 5.45. The van der Waals surface area contributed by atoms with Gasteiger partial charge in [0.15, 0.2) is 0 Å². The summed E-state index contributed by atoms with van der Waals surface area (Å²) in [5.74, 6) is 0.400. The standard InChI is InChI=1S/C16H24N2O2S/c1-21-15(14-3-2-9-17-14)11-16(20)18-10-8-12-4-6-13(19)7-5-12/h4-7,14-15,17,19H,2-3,8-11H2,1H3,(H,18,20). The first-order valence-corrected chi connectivity index (χ1v) is 8.78. The summed E-state index contributed by atoms with van der Waals surface area (Å²) >= 11 is 1.78. The summed E-state index contributed by atoms with van der Waals surface area (Å²) in [5.41, 5.74) is 1.12. The van der Waals surface area contributed by atoms with Gasteiger partial charge in [0.2, 0.25) is 5.91 Å². The predicted molar refractivity (Wildman–Crippen MR) is 87.8 cm³/mol. The van der Waals surface area contributed by atoms with E-state index in [0.717, 1.165) is 18.5 Å². The second kappa shape index (κ2) is 8.29. The van der Waals surface area contributed by atoms with Gasteiger partial charge in [-0.15, -0.1) is 0 Å². The minimum atomic E-state index is 0.127. The average Bonchev–Trinajstić information content (AvgIpc) is 3.01. The highest BCUT2D eigenvalue weighted by atomic mass is 32.2. The van der Waals surface area contributed by atoms with Crippen LogP contribution in [0.1, 0.15) is 24.8 Å². The number of rotatable bonds is 7. The molecular formula is C16H24N2O2S. The number of carbonyl (C=O) groups excluding carboxylic acids is 1. The molecule has 0 spiro atoms. The largest absolute Gasteiger partial charge is 0.508 e. The maximum absolute atomic E-state index is 12.0. The Bertz CT molecular complexity index is 444. The summed E-state index contributed by atoms with van der Waals surface area (Å²) in [7, 11) is 0. The number of aromatic hydroxyl groups is 1. The van der Waals surface area contributed by atoms with Crippen LogP contribution < -0.4 is 10.6 Å². The second-order valence-corrected chi connectivity index (χ2v) is 6.52. The van der Waals surface area contributed by atoms with E-state index in [9.17, 15) is 9.90 Å². The number of nitrogens with one attached hydrogen (secondary N) is 2. The van der Waals surface area contributed by atoms with Crippen molar-refractivity contribution in [3.63, 3.8) is 0 Å². The lowest BCUT2D eigenvalue weighted by Gasteiger charge is -2.21. The van der Waals surface area contributed by atoms with Crippen molar-refractivity contribution in [2.45, 2.75) is 37.0 Å². The van der Waals surface area contributed by atoms with E-state index in [-0.39, 0.29) is 11.7 Å². The summed E-state index contributed by atoms with van der Waals surface area (Å²) < 4.78 is 0. The molecule has 1 amide bonds. The minimum absolute atomic E-state index is 0.127. The van der Waals surface area contributed by atoms with Crippen LogP contribution in [0.3, 0.4) is 0 Å². The lowest BCUT2D eigenvalue weighted by atomic mass is 10.1. The zero-order valence-electron chi connectivity index (χ0n) is 12.5. The molecule has 0 aromatic heterocycles. The maximum Gasteiger partial charge on any atom is 0.221 e. The summed E-state index contributed by atoms with van der Waals surface area (Å²) in [4.78, 5) is 12.0. The molecule has 1 saturated heterocycles. The molecule has 0 aliphatic carbocycles. The number of hydrogen-bond acceptors (Lipinski definition) is 4. The van der Waals surface area contributed by atoms with E-state index < -0.39 is 0 Å². The van der Waals surface area contributed by atoms with Gasteiger partial charge in [-0.2, -0.15) is 11.8 Å². The molecule has 2 unspecified atom stereocenters. The summed E-state index contributed by atoms with van der Waals surface area (Å²) in [6, 6.07) is 7.59. The zero-order valence-corrected chi connectivity index (χ0v) is 13.3. The molecule has 3 N–H and O–H groups in total. The summed E-state index contributed by atoms with van der Waals surface area (Å²) in [6.07, 6.45) is 5.83. The van der Waals surface area contributed by atoms with Crippen LogP contribution in [-0.4, -0.2) is 41.7 Å². The van der Waals surface area contributed by atoms with Crippen molar-refractivity contribution >= 4 is 17.7 Å². The first-order chi connectivity index (χ1) is 10.2. The van der Waals surface area contributed by atoms with Crippen molar-refractivity contribution in [3.05, 3.63) is 29.8 Å². The van der Waals surface area contributed by atoms with Crippen molar-refractivity contribution in [3.8, 4) is 5.75 Å². The van der Waals surface area contributed by atoms with Crippen molar-refractivity contribution in [2.24, 2.45) is 0 Å². The Morgan fingerprint density at radius 3 is 2.86 bits per heavy atom. The molecule has 0 radical (unpaired) electrons. The third-order valence-electron chi connectivity index (χ3n) is 3.91. The molecule has 5 heteroatoms. The molecule has 116 valence electrons. The van der Waals surface area contributed by atoms with Gasteiger partial charge in [0.1, 0.15) is 5.75 Å². The maximum atomic E-state index is 12.0. The van der Waals surface area contributed by atoms with E-state index in [2.05, 4.69) is 16.9 Å². The van der Waals surface area contributed by atoms with E-state index in [4.69, 9.17) is 0 Å². The van der Waals surface area contributed by atoms with Crippen LogP contribution in [0.25, 0.3) is 0 Å². The first-order valence-electron chi connectivity index (χ1n) is 7.50. The van der Waals surface area contributed by atoms with Crippen molar-refractivity contribution in [1.82, 2.24) is 10.6 Å². The monoisotopic (exact) mass is 308 g/mol. The smallest absolute Gasteiger partial charge is 0.221 e. The Balaban J connectivity index is 1.70. The van der Waals surface area contributed by atoms with Crippen molar-refractivity contribution < 1.29 is 9.90 Å². The third kappa shape index (κ3) is 5.25. The Morgan fingerprint density at radius 2 is 2.24 bits per heavy atom. The summed E-state index contributed by atoms with van der Waals surface area (Å²) in [6.45, 7) is 1.72. The van der Waals surface area contributed by atoms with Gasteiger partial charge in [-0.1, -0.05) is 12.1 Å². The summed E-state index contributed by atoms with van der Waals surface area (Å²) in [5, 5.41) is 16.1. The van der Waals surface area contributed by atoms with Crippen LogP contribution in [0, 0.1) is 0 Å². The fourth-order valence-electron chi connectivity index (χ4n) is 2.68. The fraction of sp³-hybridized carbons (Fsp3) is 0.562. The number of phenolic OH excluding ortho intramolecular Hbond substituents is 1. The Labute approximate surface area is 130 Å². The van der Waals surface area contributed by atoms with Crippen LogP contribution in [0.5, 0.6) is 5.75 Å². The lowest BCUT2D eigenvalue weighted by Crippen LogP contribution is -2.37. The van der Waals surface area contributed by atoms with Gasteiger partial charge in [0, 0.05) is 24.3 Å². The number of amides is 1. The SMILES string of the molecule is CSC(CC(=O)NCCc1ccc(O)cc1)C1CCCN1. The highest BCUT2D eigenvalue weighted by molar-refractivity contribution is 7.99. The number of carbonyl (C=O) groups is 1. The van der Waals surface area contributed by atoms with Crippen LogP contribution in [0.2, 0.25) is 0 Å². The molecular weight excluding hydrogens is 284 g/mol. The molecule has 0 bridgehead atoms. The molecule has 1 heterocycles. The van der Waals surface area contributed by atoms with E-state index >= 15 is 0 Å². The Hall–Kier alpha value is -1.20. The molecule has 21 heavy (non-hydrogen) atoms. The molecule has 2 atom stereocenters. The van der Waals surface area contributed by atoms with Gasteiger partial charge in [0.25, 0.3) is 0 Å². The Kier molecular flexibility index (Phi) is 6.39. The van der Waals surface area contributed by atoms with Gasteiger partial charge >= 0.3 is 0 Å². The number of benzene rings is 1. The van der Waals surface area contributed by atoms with Gasteiger partial charge in [-0.3, -0.25) is 4.79 Å². The number of hydrogen-bond donors (Lipinski definition) is 3. The number of thioether (sulfide) groups is 1. The molecule has 1 aliphatic heterocycles. The van der Waals surface area contributed by atoms with Crippen LogP contribution >= 0.6 is 11.8 Å². The molecule has 1 aromatic carbocycles. The minimum Gasteiger partial charge on any atom is -0.508 e.